The van der Waals surface area contributed by atoms with Crippen LogP contribution in [0, 0.1) is 18.8 Å². The van der Waals surface area contributed by atoms with Crippen molar-refractivity contribution in [1.82, 2.24) is 4.98 Å². The molecular formula is C33H35NO4. The molecule has 1 aliphatic carbocycles. The first-order chi connectivity index (χ1) is 18.5. The fraction of sp³-hybridized carbons (Fsp3) is 0.394. The molecule has 38 heavy (non-hydrogen) atoms. The van der Waals surface area contributed by atoms with Gasteiger partial charge in [0.05, 0.1) is 19.1 Å². The Bertz CT molecular complexity index is 1330. The Hall–Kier alpha value is -3.62. The second-order valence-corrected chi connectivity index (χ2v) is 10.2. The predicted molar refractivity (Wildman–Crippen MR) is 148 cm³/mol. The number of aryl methyl sites for hydroxylation is 1. The van der Waals surface area contributed by atoms with Crippen LogP contribution in [0.5, 0.6) is 11.6 Å². The van der Waals surface area contributed by atoms with Crippen molar-refractivity contribution in [1.29, 1.82) is 0 Å². The number of ether oxygens (including phenoxy) is 3. The van der Waals surface area contributed by atoms with Gasteiger partial charge in [-0.1, -0.05) is 30.2 Å². The van der Waals surface area contributed by atoms with E-state index in [1.807, 2.05) is 43.5 Å². The van der Waals surface area contributed by atoms with Gasteiger partial charge in [-0.15, -0.1) is 5.92 Å². The lowest BCUT2D eigenvalue weighted by atomic mass is 9.93. The van der Waals surface area contributed by atoms with Gasteiger partial charge < -0.3 is 14.2 Å². The quantitative estimate of drug-likeness (QED) is 0.314. The number of carbonyl (C=O) groups excluding carboxylic acids is 1. The fourth-order valence-corrected chi connectivity index (χ4v) is 5.53. The lowest BCUT2D eigenvalue weighted by Gasteiger charge is -2.22. The van der Waals surface area contributed by atoms with Crippen molar-refractivity contribution in [3.8, 4) is 34.6 Å². The largest absolute Gasteiger partial charge is 0.486 e. The number of hydrogen-bond acceptors (Lipinski definition) is 5. The number of Topliss-reactive ketones (excluding diaryl/α,β-unsaturated/α-hetero) is 1. The maximum Gasteiger partial charge on any atom is 0.213 e. The molecule has 1 aliphatic heterocycles. The van der Waals surface area contributed by atoms with Gasteiger partial charge in [0.2, 0.25) is 5.88 Å². The van der Waals surface area contributed by atoms with Crippen LogP contribution in [0.15, 0.2) is 54.7 Å². The van der Waals surface area contributed by atoms with Crippen LogP contribution in [0.2, 0.25) is 0 Å². The topological polar surface area (TPSA) is 57.7 Å². The molecule has 0 bridgehead atoms. The summed E-state index contributed by atoms with van der Waals surface area (Å²) in [4.78, 5) is 16.3. The zero-order chi connectivity index (χ0) is 26.5. The van der Waals surface area contributed by atoms with E-state index in [1.165, 1.54) is 22.3 Å². The van der Waals surface area contributed by atoms with Crippen LogP contribution in [0.4, 0.5) is 0 Å². The Kier molecular flexibility index (Phi) is 8.10. The first kappa shape index (κ1) is 26.0. The average molecular weight is 510 g/mol. The first-order valence-electron chi connectivity index (χ1n) is 13.5. The van der Waals surface area contributed by atoms with Crippen molar-refractivity contribution in [2.24, 2.45) is 0 Å². The Balaban J connectivity index is 1.31. The van der Waals surface area contributed by atoms with Crippen LogP contribution in [-0.2, 0) is 16.0 Å². The average Bonchev–Trinajstić information content (AvgIpc) is 3.32. The van der Waals surface area contributed by atoms with Crippen molar-refractivity contribution in [3.05, 3.63) is 77.0 Å². The molecule has 2 aliphatic rings. The molecule has 0 N–H and O–H groups in total. The van der Waals surface area contributed by atoms with E-state index in [4.69, 9.17) is 14.2 Å². The van der Waals surface area contributed by atoms with E-state index in [0.29, 0.717) is 12.3 Å². The molecule has 196 valence electrons. The summed E-state index contributed by atoms with van der Waals surface area (Å²) in [5.41, 5.74) is 7.22. The van der Waals surface area contributed by atoms with E-state index in [9.17, 15) is 4.79 Å². The van der Waals surface area contributed by atoms with Crippen LogP contribution in [0.3, 0.4) is 0 Å². The van der Waals surface area contributed by atoms with Crippen molar-refractivity contribution in [2.75, 3.05) is 13.2 Å². The molecular weight excluding hydrogens is 474 g/mol. The molecule has 1 aromatic heterocycles. The molecule has 0 amide bonds. The molecule has 1 fully saturated rings. The van der Waals surface area contributed by atoms with Crippen LogP contribution >= 0.6 is 0 Å². The highest BCUT2D eigenvalue weighted by atomic mass is 16.5. The fourth-order valence-electron chi connectivity index (χ4n) is 5.53. The van der Waals surface area contributed by atoms with Crippen LogP contribution in [0.1, 0.15) is 73.8 Å². The van der Waals surface area contributed by atoms with E-state index in [-0.39, 0.29) is 23.9 Å². The summed E-state index contributed by atoms with van der Waals surface area (Å²) in [7, 11) is 0. The normalized spacial score (nSPS) is 17.7. The molecule has 0 radical (unpaired) electrons. The second-order valence-electron chi connectivity index (χ2n) is 10.2. The summed E-state index contributed by atoms with van der Waals surface area (Å²) in [5, 5.41) is 0. The Labute approximate surface area is 225 Å². The molecule has 0 spiro atoms. The van der Waals surface area contributed by atoms with Crippen molar-refractivity contribution in [3.63, 3.8) is 0 Å². The predicted octanol–water partition coefficient (Wildman–Crippen LogP) is 6.77. The van der Waals surface area contributed by atoms with E-state index in [1.54, 1.807) is 6.92 Å². The maximum atomic E-state index is 11.7. The number of rotatable bonds is 8. The van der Waals surface area contributed by atoms with Gasteiger partial charge >= 0.3 is 0 Å². The van der Waals surface area contributed by atoms with Gasteiger partial charge in [0.15, 0.2) is 0 Å². The highest BCUT2D eigenvalue weighted by Crippen LogP contribution is 2.42. The van der Waals surface area contributed by atoms with Crippen LogP contribution in [-0.4, -0.2) is 30.1 Å². The molecule has 0 saturated carbocycles. The van der Waals surface area contributed by atoms with E-state index >= 15 is 0 Å². The Morgan fingerprint density at radius 1 is 1.05 bits per heavy atom. The number of hydrogen-bond donors (Lipinski definition) is 0. The number of benzene rings is 2. The van der Waals surface area contributed by atoms with Gasteiger partial charge in [-0.25, -0.2) is 4.98 Å². The Morgan fingerprint density at radius 3 is 2.53 bits per heavy atom. The third-order valence-electron chi connectivity index (χ3n) is 7.41. The summed E-state index contributed by atoms with van der Waals surface area (Å²) < 4.78 is 18.0. The SMILES string of the molecule is CC#C[C@@H](CC(C)=O)c1ccc(O[C@@H]2CCc3c2ccc(C)c3-c2ccc(OC3CCOCC3)nc2)cc1. The van der Waals surface area contributed by atoms with Gasteiger partial charge in [0, 0.05) is 37.1 Å². The minimum absolute atomic E-state index is 0.00253. The van der Waals surface area contributed by atoms with E-state index in [0.717, 1.165) is 55.8 Å². The molecule has 1 saturated heterocycles. The summed E-state index contributed by atoms with van der Waals surface area (Å²) >= 11 is 0. The molecule has 2 aromatic carbocycles. The number of aromatic nitrogens is 1. The molecule has 2 heterocycles. The zero-order valence-electron chi connectivity index (χ0n) is 22.5. The van der Waals surface area contributed by atoms with E-state index < -0.39 is 0 Å². The summed E-state index contributed by atoms with van der Waals surface area (Å²) in [6.45, 7) is 7.08. The summed E-state index contributed by atoms with van der Waals surface area (Å²) in [6.07, 6.45) is 6.24. The minimum Gasteiger partial charge on any atom is -0.486 e. The molecule has 0 unspecified atom stereocenters. The molecule has 5 nitrogen and oxygen atoms in total. The number of fused-ring (bicyclic) bond motifs is 1. The third kappa shape index (κ3) is 5.92. The molecule has 5 rings (SSSR count). The zero-order valence-corrected chi connectivity index (χ0v) is 22.5. The number of pyridine rings is 1. The first-order valence-corrected chi connectivity index (χ1v) is 13.5. The van der Waals surface area contributed by atoms with Crippen LogP contribution in [0.25, 0.3) is 11.1 Å². The monoisotopic (exact) mass is 509 g/mol. The van der Waals surface area contributed by atoms with Gasteiger partial charge in [0.1, 0.15) is 23.7 Å². The highest BCUT2D eigenvalue weighted by Gasteiger charge is 2.28. The molecule has 5 heteroatoms. The third-order valence-corrected chi connectivity index (χ3v) is 7.41. The van der Waals surface area contributed by atoms with Crippen molar-refractivity contribution >= 4 is 5.78 Å². The summed E-state index contributed by atoms with van der Waals surface area (Å²) in [6, 6.07) is 16.5. The second kappa shape index (κ2) is 11.8. The van der Waals surface area contributed by atoms with Crippen LogP contribution < -0.4 is 9.47 Å². The highest BCUT2D eigenvalue weighted by molar-refractivity contribution is 5.77. The van der Waals surface area contributed by atoms with Gasteiger partial charge in [-0.3, -0.25) is 4.79 Å². The lowest BCUT2D eigenvalue weighted by Crippen LogP contribution is -2.26. The van der Waals surface area contributed by atoms with Crippen molar-refractivity contribution < 1.29 is 19.0 Å². The summed E-state index contributed by atoms with van der Waals surface area (Å²) in [5.74, 6) is 7.67. The minimum atomic E-state index is -0.0774. The standard InChI is InChI=1S/C33H35NO4/c1-4-5-25(20-23(3)35)24-7-10-27(11-8-24)37-31-14-13-30-29(31)12-6-22(2)33(30)26-9-15-32(34-21-26)38-28-16-18-36-19-17-28/h6-12,15,21,25,28,31H,13-14,16-20H2,1-3H3/t25-,31+/m0/s1. The van der Waals surface area contributed by atoms with E-state index in [2.05, 4.69) is 41.9 Å². The number of ketones is 1. The Morgan fingerprint density at radius 2 is 1.84 bits per heavy atom. The molecule has 2 atom stereocenters. The van der Waals surface area contributed by atoms with Gasteiger partial charge in [0.25, 0.3) is 0 Å². The maximum absolute atomic E-state index is 11.7. The van der Waals surface area contributed by atoms with Crippen molar-refractivity contribution in [2.45, 2.75) is 71.0 Å². The van der Waals surface area contributed by atoms with Gasteiger partial charge in [-0.2, -0.15) is 0 Å². The van der Waals surface area contributed by atoms with Gasteiger partial charge in [-0.05, 0) is 79.6 Å². The smallest absolute Gasteiger partial charge is 0.213 e. The number of nitrogens with zero attached hydrogens (tertiary/aromatic N) is 1. The lowest BCUT2D eigenvalue weighted by molar-refractivity contribution is -0.117. The number of carbonyl (C=O) groups is 1. The molecule has 3 aromatic rings.